The van der Waals surface area contributed by atoms with Gasteiger partial charge in [0.15, 0.2) is 18.9 Å². The molecule has 0 aromatic rings. The van der Waals surface area contributed by atoms with E-state index >= 15 is 0 Å². The number of aliphatic carboxylic acids is 1. The van der Waals surface area contributed by atoms with Crippen LogP contribution in [-0.2, 0) is 47.5 Å². The fourth-order valence-corrected chi connectivity index (χ4v) is 7.05. The van der Waals surface area contributed by atoms with Crippen molar-refractivity contribution in [3.63, 3.8) is 0 Å². The third-order valence-corrected chi connectivity index (χ3v) is 9.98. The molecule has 4 heterocycles. The van der Waals surface area contributed by atoms with Crippen LogP contribution in [-0.4, -0.2) is 244 Å². The molecule has 330 valence electrons. The number of aliphatic hydroxyl groups excluding tert-OH is 13. The summed E-state index contributed by atoms with van der Waals surface area (Å²) in [5.41, 5.74) is 0. The van der Waals surface area contributed by atoms with Crippen molar-refractivity contribution in [2.24, 2.45) is 0 Å². The summed E-state index contributed by atoms with van der Waals surface area (Å²) in [6, 6.07) is -3.30. The maximum absolute atomic E-state index is 12.8. The van der Waals surface area contributed by atoms with Gasteiger partial charge in [0.2, 0.25) is 11.8 Å². The van der Waals surface area contributed by atoms with Crippen LogP contribution in [0.4, 0.5) is 0 Å². The van der Waals surface area contributed by atoms with E-state index in [1.807, 2.05) is 0 Å². The molecule has 57 heavy (non-hydrogen) atoms. The minimum atomic E-state index is -3.12. The Kier molecular flexibility index (Phi) is 16.4. The summed E-state index contributed by atoms with van der Waals surface area (Å²) in [4.78, 5) is 36.9. The van der Waals surface area contributed by atoms with E-state index in [1.54, 1.807) is 0 Å². The molecule has 0 aliphatic carbocycles. The predicted molar refractivity (Wildman–Crippen MR) is 174 cm³/mol. The second kappa shape index (κ2) is 19.8. The van der Waals surface area contributed by atoms with Gasteiger partial charge in [0, 0.05) is 20.3 Å². The van der Waals surface area contributed by atoms with Gasteiger partial charge in [-0.05, 0) is 0 Å². The number of nitrogens with one attached hydrogen (secondary N) is 2. The van der Waals surface area contributed by atoms with Crippen molar-refractivity contribution in [3.05, 3.63) is 0 Å². The molecule has 16 N–H and O–H groups in total. The molecule has 26 heteroatoms. The first kappa shape index (κ1) is 47.3. The van der Waals surface area contributed by atoms with Crippen molar-refractivity contribution in [2.45, 2.75) is 149 Å². The lowest BCUT2D eigenvalue weighted by Gasteiger charge is -2.51. The van der Waals surface area contributed by atoms with Gasteiger partial charge in [-0.2, -0.15) is 0 Å². The van der Waals surface area contributed by atoms with Crippen LogP contribution in [0.2, 0.25) is 0 Å². The molecule has 4 aliphatic heterocycles. The highest BCUT2D eigenvalue weighted by Crippen LogP contribution is 2.39. The number of aliphatic hydroxyl groups is 13. The molecule has 0 bridgehead atoms. The molecule has 0 aromatic carbocycles. The Balaban J connectivity index is 1.63. The molecule has 0 saturated carbocycles. The van der Waals surface area contributed by atoms with Gasteiger partial charge in [-0.1, -0.05) is 0 Å². The molecule has 4 saturated heterocycles. The number of carboxylic acids is 1. The van der Waals surface area contributed by atoms with Crippen LogP contribution in [0.5, 0.6) is 0 Å². The fraction of sp³-hybridized carbons (Fsp3) is 0.903. The summed E-state index contributed by atoms with van der Waals surface area (Å²) in [6.45, 7) is -1.98. The number of carbonyl (C=O) groups is 3. The van der Waals surface area contributed by atoms with Crippen molar-refractivity contribution in [2.75, 3.05) is 26.4 Å². The number of amides is 2. The average molecular weight is 837 g/mol. The minimum Gasteiger partial charge on any atom is -0.477 e. The summed E-state index contributed by atoms with van der Waals surface area (Å²) in [5.74, 6) is -6.74. The van der Waals surface area contributed by atoms with Crippen LogP contribution >= 0.6 is 0 Å². The average Bonchev–Trinajstić information content (AvgIpc) is 3.16. The van der Waals surface area contributed by atoms with Gasteiger partial charge in [-0.3, -0.25) is 9.59 Å². The Hall–Kier alpha value is -2.39. The molecular weight excluding hydrogens is 784 g/mol. The predicted octanol–water partition coefficient (Wildman–Crippen LogP) is -10.3. The zero-order valence-electron chi connectivity index (χ0n) is 30.4. The van der Waals surface area contributed by atoms with Gasteiger partial charge in [-0.25, -0.2) is 4.79 Å². The smallest absolute Gasteiger partial charge is 0.364 e. The van der Waals surface area contributed by atoms with E-state index in [2.05, 4.69) is 10.6 Å². The van der Waals surface area contributed by atoms with E-state index in [9.17, 15) is 85.9 Å². The van der Waals surface area contributed by atoms with Crippen molar-refractivity contribution in [1.82, 2.24) is 10.6 Å². The normalized spacial score (nSPS) is 45.1. The number of carbonyl (C=O) groups excluding carboxylic acids is 2. The highest BCUT2D eigenvalue weighted by atomic mass is 16.8. The first-order chi connectivity index (χ1) is 26.7. The van der Waals surface area contributed by atoms with Crippen molar-refractivity contribution in [1.29, 1.82) is 0 Å². The molecule has 4 aliphatic rings. The number of rotatable bonds is 15. The lowest BCUT2D eigenvalue weighted by molar-refractivity contribution is -0.386. The first-order valence-electron chi connectivity index (χ1n) is 17.7. The lowest BCUT2D eigenvalue weighted by Crippen LogP contribution is -2.71. The molecule has 4 fully saturated rings. The first-order valence-corrected chi connectivity index (χ1v) is 17.7. The number of ether oxygens (including phenoxy) is 7. The molecule has 0 radical (unpaired) electrons. The molecule has 0 spiro atoms. The second-order valence-electron chi connectivity index (χ2n) is 14.0. The number of hydrogen-bond donors (Lipinski definition) is 16. The molecule has 0 aromatic heterocycles. The Labute approximate surface area is 322 Å². The minimum absolute atomic E-state index is 0.787. The lowest BCUT2D eigenvalue weighted by atomic mass is 9.88. The fourth-order valence-electron chi connectivity index (χ4n) is 7.05. The molecular formula is C31H52N2O24. The van der Waals surface area contributed by atoms with E-state index < -0.39 is 179 Å². The molecule has 21 atom stereocenters. The number of carboxylic acid groups (broad SMARTS) is 1. The van der Waals surface area contributed by atoms with Crippen LogP contribution in [0, 0.1) is 0 Å². The Bertz CT molecular complexity index is 1350. The van der Waals surface area contributed by atoms with Crippen molar-refractivity contribution >= 4 is 17.8 Å². The molecule has 26 nitrogen and oxygen atoms in total. The SMILES string of the molecule is CC(=O)N[C@H]1[C@H](O[C@@H]2[C@@H](O)[C@H](O)O[C@H](CO)[C@@H]2O)O[C@H](CO)[C@@H](O[C@@H]2O[C@H](CO)[C@H](O)[C@H](OC3(C(=O)O)C[C@H](O)[C@@H](NC(C)=O)[C@H]([C@H](O)[C@H](O)CO)O3)[C@H]2O)[C@@H]1O. The van der Waals surface area contributed by atoms with Gasteiger partial charge >= 0.3 is 5.97 Å². The van der Waals surface area contributed by atoms with Crippen LogP contribution in [0.3, 0.4) is 0 Å². The van der Waals surface area contributed by atoms with E-state index in [0.29, 0.717) is 0 Å². The van der Waals surface area contributed by atoms with Crippen LogP contribution < -0.4 is 10.6 Å². The van der Waals surface area contributed by atoms with Crippen LogP contribution in [0.1, 0.15) is 20.3 Å². The monoisotopic (exact) mass is 836 g/mol. The van der Waals surface area contributed by atoms with E-state index in [-0.39, 0.29) is 0 Å². The maximum atomic E-state index is 12.8. The summed E-state index contributed by atoms with van der Waals surface area (Å²) in [7, 11) is 0. The molecule has 4 rings (SSSR count). The Morgan fingerprint density at radius 1 is 0.684 bits per heavy atom. The zero-order valence-corrected chi connectivity index (χ0v) is 30.4. The largest absolute Gasteiger partial charge is 0.477 e. The summed E-state index contributed by atoms with van der Waals surface area (Å²) < 4.78 is 38.8. The van der Waals surface area contributed by atoms with E-state index in [0.717, 1.165) is 13.8 Å². The number of hydrogen-bond acceptors (Lipinski definition) is 23. The standard InChI is InChI=1S/C31H52N2O24/c1-8(38)32-15-10(40)3-31(30(49)50,56-24(15)17(42)11(41)4-34)57-26-19(44)13(6-36)52-29(22(26)47)54-23-14(7-37)53-28(16(20(23)45)33-9(2)39)55-25-18(43)12(5-35)51-27(48)21(25)46/h10-29,34-37,40-48H,3-7H2,1-2H3,(H,32,38)(H,33,39)(H,49,50)/t10-,11+,12+,13+,14+,15+,16+,17+,18-,19-,20+,21+,22+,23+,24+,25-,26-,27+,28-,29-,31?/m0/s1. The summed E-state index contributed by atoms with van der Waals surface area (Å²) in [5, 5.41) is 151. The summed E-state index contributed by atoms with van der Waals surface area (Å²) in [6.07, 6.45) is -36.2. The highest BCUT2D eigenvalue weighted by Gasteiger charge is 2.60. The van der Waals surface area contributed by atoms with Gasteiger partial charge in [0.25, 0.3) is 5.79 Å². The maximum Gasteiger partial charge on any atom is 0.364 e. The van der Waals surface area contributed by atoms with Gasteiger partial charge < -0.3 is 115 Å². The topological polar surface area (TPSA) is 423 Å². The van der Waals surface area contributed by atoms with E-state index in [4.69, 9.17) is 33.2 Å². The van der Waals surface area contributed by atoms with Crippen LogP contribution in [0.25, 0.3) is 0 Å². The quantitative estimate of drug-likeness (QED) is 0.0728. The van der Waals surface area contributed by atoms with Gasteiger partial charge in [0.1, 0.15) is 91.5 Å². The molecule has 1 unspecified atom stereocenters. The highest BCUT2D eigenvalue weighted by molar-refractivity contribution is 5.76. The third-order valence-electron chi connectivity index (χ3n) is 9.98. The Morgan fingerprint density at radius 2 is 1.21 bits per heavy atom. The Morgan fingerprint density at radius 3 is 1.75 bits per heavy atom. The second-order valence-corrected chi connectivity index (χ2v) is 14.0. The molecule has 2 amide bonds. The van der Waals surface area contributed by atoms with Crippen molar-refractivity contribution in [3.8, 4) is 0 Å². The third kappa shape index (κ3) is 10.2. The zero-order chi connectivity index (χ0) is 42.7. The summed E-state index contributed by atoms with van der Waals surface area (Å²) >= 11 is 0. The van der Waals surface area contributed by atoms with Gasteiger partial charge in [0.05, 0.1) is 38.6 Å². The van der Waals surface area contributed by atoms with Crippen LogP contribution in [0.15, 0.2) is 0 Å². The van der Waals surface area contributed by atoms with Gasteiger partial charge in [-0.15, -0.1) is 0 Å². The van der Waals surface area contributed by atoms with Crippen molar-refractivity contribution < 1.29 is 119 Å². The van der Waals surface area contributed by atoms with E-state index in [1.165, 1.54) is 0 Å².